The Morgan fingerprint density at radius 2 is 1.81 bits per heavy atom. The third-order valence-electron chi connectivity index (χ3n) is 4.32. The first-order chi connectivity index (χ1) is 10.2. The molecule has 1 unspecified atom stereocenters. The van der Waals surface area contributed by atoms with E-state index in [9.17, 15) is 4.79 Å². The van der Waals surface area contributed by atoms with E-state index in [1.54, 1.807) is 4.90 Å². The molecule has 2 aliphatic rings. The van der Waals surface area contributed by atoms with Gasteiger partial charge in [-0.3, -0.25) is 10.2 Å². The van der Waals surface area contributed by atoms with Gasteiger partial charge in [-0.25, -0.2) is 0 Å². The smallest absolute Gasteiger partial charge is 0.259 e. The molecule has 0 saturated heterocycles. The molecule has 1 amide bonds. The van der Waals surface area contributed by atoms with Crippen LogP contribution in [0.25, 0.3) is 0 Å². The summed E-state index contributed by atoms with van der Waals surface area (Å²) in [6.45, 7) is 0. The molecule has 1 spiro atoms. The summed E-state index contributed by atoms with van der Waals surface area (Å²) in [4.78, 5) is 14.5. The van der Waals surface area contributed by atoms with Crippen molar-refractivity contribution in [3.63, 3.8) is 0 Å². The minimum atomic E-state index is -0.740. The van der Waals surface area contributed by atoms with Crippen LogP contribution in [-0.4, -0.2) is 18.7 Å². The van der Waals surface area contributed by atoms with E-state index in [4.69, 9.17) is 0 Å². The first-order valence-electron chi connectivity index (χ1n) is 6.99. The number of nitrogens with one attached hydrogen (secondary N) is 1. The quantitative estimate of drug-likeness (QED) is 0.869. The fourth-order valence-corrected chi connectivity index (χ4v) is 3.21. The molecule has 2 aromatic rings. The molecule has 21 heavy (non-hydrogen) atoms. The van der Waals surface area contributed by atoms with Gasteiger partial charge in [0.1, 0.15) is 0 Å². The zero-order valence-electron chi connectivity index (χ0n) is 11.7. The highest BCUT2D eigenvalue weighted by atomic mass is 16.2. The van der Waals surface area contributed by atoms with Gasteiger partial charge in [-0.05, 0) is 11.6 Å². The Kier molecular flexibility index (Phi) is 2.42. The van der Waals surface area contributed by atoms with Crippen molar-refractivity contribution >= 4 is 17.3 Å². The van der Waals surface area contributed by atoms with Crippen LogP contribution in [0.15, 0.2) is 59.7 Å². The van der Waals surface area contributed by atoms with Gasteiger partial charge in [-0.2, -0.15) is 5.10 Å². The Bertz CT molecular complexity index is 754. The molecule has 1 atom stereocenters. The maximum absolute atomic E-state index is 12.8. The lowest BCUT2D eigenvalue weighted by Crippen LogP contribution is -2.45. The van der Waals surface area contributed by atoms with Crippen molar-refractivity contribution in [2.45, 2.75) is 12.0 Å². The molecule has 1 N–H and O–H groups in total. The monoisotopic (exact) mass is 277 g/mol. The molecule has 104 valence electrons. The van der Waals surface area contributed by atoms with Crippen LogP contribution >= 0.6 is 0 Å². The van der Waals surface area contributed by atoms with Gasteiger partial charge in [0.2, 0.25) is 0 Å². The van der Waals surface area contributed by atoms with Gasteiger partial charge >= 0.3 is 0 Å². The van der Waals surface area contributed by atoms with Crippen molar-refractivity contribution in [1.29, 1.82) is 0 Å². The number of amides is 1. The van der Waals surface area contributed by atoms with Crippen LogP contribution in [-0.2, 0) is 10.3 Å². The van der Waals surface area contributed by atoms with Crippen LogP contribution in [0.2, 0.25) is 0 Å². The number of carbonyl (C=O) groups excluding carboxylic acids is 1. The molecule has 0 aromatic heterocycles. The van der Waals surface area contributed by atoms with Gasteiger partial charge in [0.05, 0.1) is 5.71 Å². The van der Waals surface area contributed by atoms with E-state index < -0.39 is 5.54 Å². The summed E-state index contributed by atoms with van der Waals surface area (Å²) in [5.74, 6) is 0.0541. The second kappa shape index (κ2) is 4.19. The first-order valence-corrected chi connectivity index (χ1v) is 6.99. The largest absolute Gasteiger partial charge is 0.313 e. The summed E-state index contributed by atoms with van der Waals surface area (Å²) >= 11 is 0. The average Bonchev–Trinajstić information content (AvgIpc) is 3.08. The van der Waals surface area contributed by atoms with Crippen LogP contribution < -0.4 is 10.3 Å². The summed E-state index contributed by atoms with van der Waals surface area (Å²) in [6, 6.07) is 17.9. The molecule has 4 nitrogen and oxygen atoms in total. The lowest BCUT2D eigenvalue weighted by Gasteiger charge is -2.22. The topological polar surface area (TPSA) is 44.7 Å². The molecular weight excluding hydrogens is 262 g/mol. The van der Waals surface area contributed by atoms with Crippen molar-refractivity contribution in [3.05, 3.63) is 65.7 Å². The van der Waals surface area contributed by atoms with E-state index in [2.05, 4.69) is 10.5 Å². The van der Waals surface area contributed by atoms with Gasteiger partial charge in [0.25, 0.3) is 5.91 Å². The van der Waals surface area contributed by atoms with Gasteiger partial charge in [0, 0.05) is 24.7 Å². The van der Waals surface area contributed by atoms with Crippen molar-refractivity contribution in [1.82, 2.24) is 5.43 Å². The molecule has 0 fully saturated rings. The zero-order chi connectivity index (χ0) is 14.4. The molecule has 0 bridgehead atoms. The SMILES string of the molecule is CN1C(=O)C2(CC(c3ccccc3)=NN2)c2ccccc21. The minimum absolute atomic E-state index is 0.0541. The second-order valence-corrected chi connectivity index (χ2v) is 5.50. The van der Waals surface area contributed by atoms with Gasteiger partial charge in [-0.1, -0.05) is 48.5 Å². The highest BCUT2D eigenvalue weighted by molar-refractivity contribution is 6.13. The second-order valence-electron chi connectivity index (χ2n) is 5.50. The number of fused-ring (bicyclic) bond motifs is 2. The van der Waals surface area contributed by atoms with Gasteiger partial charge in [-0.15, -0.1) is 0 Å². The zero-order valence-corrected chi connectivity index (χ0v) is 11.7. The Morgan fingerprint density at radius 1 is 1.10 bits per heavy atom. The number of rotatable bonds is 1. The Morgan fingerprint density at radius 3 is 2.62 bits per heavy atom. The molecule has 0 saturated carbocycles. The Labute approximate surface area is 123 Å². The number of hydrogen-bond acceptors (Lipinski definition) is 3. The van der Waals surface area contributed by atoms with E-state index >= 15 is 0 Å². The molecule has 2 heterocycles. The number of hydrazone groups is 1. The highest BCUT2D eigenvalue weighted by Gasteiger charge is 2.52. The molecular formula is C17H15N3O. The standard InChI is InChI=1S/C17H15N3O/c1-20-15-10-6-5-9-13(15)17(16(20)21)11-14(18-19-17)12-7-3-2-4-8-12/h2-10,19H,11H2,1H3. The number of para-hydroxylation sites is 1. The predicted molar refractivity (Wildman–Crippen MR) is 82.3 cm³/mol. The van der Waals surface area contributed by atoms with Crippen LogP contribution in [0.3, 0.4) is 0 Å². The van der Waals surface area contributed by atoms with Crippen LogP contribution in [0.4, 0.5) is 5.69 Å². The van der Waals surface area contributed by atoms with Crippen LogP contribution in [0.5, 0.6) is 0 Å². The molecule has 2 aliphatic heterocycles. The summed E-state index contributed by atoms with van der Waals surface area (Å²) in [5.41, 5.74) is 6.32. The fraction of sp³-hybridized carbons (Fsp3) is 0.176. The third-order valence-corrected chi connectivity index (χ3v) is 4.32. The number of anilines is 1. The molecule has 4 rings (SSSR count). The molecule has 4 heteroatoms. The van der Waals surface area contributed by atoms with Crippen LogP contribution in [0, 0.1) is 0 Å². The van der Waals surface area contributed by atoms with Crippen molar-refractivity contribution in [3.8, 4) is 0 Å². The van der Waals surface area contributed by atoms with Crippen molar-refractivity contribution < 1.29 is 4.79 Å². The Hall–Kier alpha value is -2.62. The lowest BCUT2D eigenvalue weighted by molar-refractivity contribution is -0.123. The summed E-state index contributed by atoms with van der Waals surface area (Å²) < 4.78 is 0. The molecule has 2 aromatic carbocycles. The fourth-order valence-electron chi connectivity index (χ4n) is 3.21. The van der Waals surface area contributed by atoms with Gasteiger partial charge in [0.15, 0.2) is 5.54 Å². The van der Waals surface area contributed by atoms with E-state index in [-0.39, 0.29) is 5.91 Å². The maximum atomic E-state index is 12.8. The molecule has 0 aliphatic carbocycles. The number of hydrogen-bond donors (Lipinski definition) is 1. The predicted octanol–water partition coefficient (Wildman–Crippen LogP) is 2.26. The normalized spacial score (nSPS) is 23.2. The summed E-state index contributed by atoms with van der Waals surface area (Å²) in [7, 11) is 1.82. The van der Waals surface area contributed by atoms with Crippen LogP contribution in [0.1, 0.15) is 17.5 Å². The average molecular weight is 277 g/mol. The van der Waals surface area contributed by atoms with E-state index in [0.717, 1.165) is 22.5 Å². The number of likely N-dealkylation sites (N-methyl/N-ethyl adjacent to an activating group) is 1. The first kappa shape index (κ1) is 12.1. The summed E-state index contributed by atoms with van der Waals surface area (Å²) in [6.07, 6.45) is 0.581. The Balaban J connectivity index is 1.77. The number of benzene rings is 2. The maximum Gasteiger partial charge on any atom is 0.259 e. The number of carbonyl (C=O) groups is 1. The highest BCUT2D eigenvalue weighted by Crippen LogP contribution is 2.44. The lowest BCUT2D eigenvalue weighted by atomic mass is 9.86. The van der Waals surface area contributed by atoms with E-state index in [1.807, 2.05) is 61.6 Å². The van der Waals surface area contributed by atoms with Gasteiger partial charge < -0.3 is 4.90 Å². The molecule has 0 radical (unpaired) electrons. The van der Waals surface area contributed by atoms with E-state index in [1.165, 1.54) is 0 Å². The minimum Gasteiger partial charge on any atom is -0.313 e. The third kappa shape index (κ3) is 1.56. The number of nitrogens with zero attached hydrogens (tertiary/aromatic N) is 2. The van der Waals surface area contributed by atoms with Crippen molar-refractivity contribution in [2.75, 3.05) is 11.9 Å². The summed E-state index contributed by atoms with van der Waals surface area (Å²) in [5, 5.41) is 4.44. The van der Waals surface area contributed by atoms with E-state index in [0.29, 0.717) is 6.42 Å². The van der Waals surface area contributed by atoms with Crippen molar-refractivity contribution in [2.24, 2.45) is 5.10 Å².